The molecule has 0 aromatic carbocycles. The number of nitrogens with zero attached hydrogens (tertiary/aromatic N) is 1. The highest BCUT2D eigenvalue weighted by Gasteiger charge is 2.30. The first-order chi connectivity index (χ1) is 10.1. The maximum atomic E-state index is 12.4. The van der Waals surface area contributed by atoms with Crippen LogP contribution in [0.5, 0.6) is 0 Å². The molecule has 4 heteroatoms. The number of ether oxygens (including phenoxy) is 1. The van der Waals surface area contributed by atoms with Gasteiger partial charge < -0.3 is 15.0 Å². The number of nitrogens with one attached hydrogen (secondary N) is 1. The molecule has 0 spiro atoms. The molecule has 2 rings (SSSR count). The predicted molar refractivity (Wildman–Crippen MR) is 85.4 cm³/mol. The number of amides is 1. The average molecular weight is 296 g/mol. The SMILES string of the molecule is CC(C)(CC1CCCCNC1)OC(=O)N1CCCCCC1. The van der Waals surface area contributed by atoms with Crippen LogP contribution in [0, 0.1) is 5.92 Å². The van der Waals surface area contributed by atoms with E-state index in [1.54, 1.807) is 0 Å². The summed E-state index contributed by atoms with van der Waals surface area (Å²) < 4.78 is 5.84. The van der Waals surface area contributed by atoms with Crippen molar-refractivity contribution in [1.29, 1.82) is 0 Å². The lowest BCUT2D eigenvalue weighted by Crippen LogP contribution is -2.40. The summed E-state index contributed by atoms with van der Waals surface area (Å²) >= 11 is 0. The first-order valence-electron chi connectivity index (χ1n) is 8.75. The van der Waals surface area contributed by atoms with Crippen molar-refractivity contribution in [3.05, 3.63) is 0 Å². The standard InChI is InChI=1S/C17H32N2O2/c1-17(2,13-15-9-5-6-10-18-14-15)21-16(20)19-11-7-3-4-8-12-19/h15,18H,3-14H2,1-2H3. The Hall–Kier alpha value is -0.770. The molecule has 0 bridgehead atoms. The summed E-state index contributed by atoms with van der Waals surface area (Å²) in [6.07, 6.45) is 9.35. The lowest BCUT2D eigenvalue weighted by Gasteiger charge is -2.32. The maximum Gasteiger partial charge on any atom is 0.410 e. The van der Waals surface area contributed by atoms with Crippen molar-refractivity contribution in [1.82, 2.24) is 10.2 Å². The van der Waals surface area contributed by atoms with Gasteiger partial charge in [-0.2, -0.15) is 0 Å². The van der Waals surface area contributed by atoms with Crippen molar-refractivity contribution in [3.63, 3.8) is 0 Å². The smallest absolute Gasteiger partial charge is 0.410 e. The second-order valence-electron chi connectivity index (χ2n) is 7.30. The van der Waals surface area contributed by atoms with Crippen molar-refractivity contribution in [2.24, 2.45) is 5.92 Å². The molecule has 1 N–H and O–H groups in total. The van der Waals surface area contributed by atoms with Gasteiger partial charge in [-0.3, -0.25) is 0 Å². The summed E-state index contributed by atoms with van der Waals surface area (Å²) in [5.74, 6) is 0.624. The molecule has 1 unspecified atom stereocenters. The highest BCUT2D eigenvalue weighted by molar-refractivity contribution is 5.68. The molecular weight excluding hydrogens is 264 g/mol. The van der Waals surface area contributed by atoms with Crippen LogP contribution in [-0.4, -0.2) is 42.8 Å². The van der Waals surface area contributed by atoms with Crippen LogP contribution in [0.4, 0.5) is 4.79 Å². The third-order valence-corrected chi connectivity index (χ3v) is 4.66. The molecule has 2 saturated heterocycles. The minimum atomic E-state index is -0.361. The van der Waals surface area contributed by atoms with Gasteiger partial charge in [0.25, 0.3) is 0 Å². The number of rotatable bonds is 3. The topological polar surface area (TPSA) is 41.6 Å². The summed E-state index contributed by atoms with van der Waals surface area (Å²) in [5, 5.41) is 3.49. The molecule has 2 aliphatic heterocycles. The first-order valence-corrected chi connectivity index (χ1v) is 8.75. The van der Waals surface area contributed by atoms with Crippen LogP contribution in [0.1, 0.15) is 65.2 Å². The van der Waals surface area contributed by atoms with Gasteiger partial charge in [-0.1, -0.05) is 19.3 Å². The van der Waals surface area contributed by atoms with Gasteiger partial charge in [-0.05, 0) is 65.0 Å². The van der Waals surface area contributed by atoms with E-state index in [9.17, 15) is 4.79 Å². The number of likely N-dealkylation sites (tertiary alicyclic amines) is 1. The van der Waals surface area contributed by atoms with E-state index in [1.165, 1.54) is 32.1 Å². The Morgan fingerprint density at radius 3 is 2.57 bits per heavy atom. The second-order valence-corrected chi connectivity index (χ2v) is 7.30. The third kappa shape index (κ3) is 5.85. The van der Waals surface area contributed by atoms with Crippen LogP contribution in [0.3, 0.4) is 0 Å². The lowest BCUT2D eigenvalue weighted by molar-refractivity contribution is -0.00101. The molecule has 2 aliphatic rings. The Bertz CT molecular complexity index is 315. The molecular formula is C17H32N2O2. The zero-order chi connectivity index (χ0) is 15.1. The Morgan fingerprint density at radius 1 is 1.14 bits per heavy atom. The number of hydrogen-bond acceptors (Lipinski definition) is 3. The Labute approximate surface area is 129 Å². The van der Waals surface area contributed by atoms with E-state index < -0.39 is 0 Å². The van der Waals surface area contributed by atoms with E-state index in [4.69, 9.17) is 4.74 Å². The van der Waals surface area contributed by atoms with Crippen LogP contribution in [0.25, 0.3) is 0 Å². The first kappa shape index (κ1) is 16.6. The predicted octanol–water partition coefficient (Wildman–Crippen LogP) is 3.56. The van der Waals surface area contributed by atoms with Crippen molar-refractivity contribution in [3.8, 4) is 0 Å². The van der Waals surface area contributed by atoms with E-state index >= 15 is 0 Å². The van der Waals surface area contributed by atoms with Crippen molar-refractivity contribution in [2.75, 3.05) is 26.2 Å². The van der Waals surface area contributed by atoms with E-state index in [2.05, 4.69) is 19.2 Å². The van der Waals surface area contributed by atoms with Gasteiger partial charge >= 0.3 is 6.09 Å². The van der Waals surface area contributed by atoms with E-state index in [-0.39, 0.29) is 11.7 Å². The van der Waals surface area contributed by atoms with Gasteiger partial charge in [-0.15, -0.1) is 0 Å². The Morgan fingerprint density at radius 2 is 1.86 bits per heavy atom. The van der Waals surface area contributed by atoms with E-state index in [1.807, 2.05) is 4.90 Å². The molecule has 0 radical (unpaired) electrons. The fourth-order valence-electron chi connectivity index (χ4n) is 3.56. The quantitative estimate of drug-likeness (QED) is 0.866. The fourth-order valence-corrected chi connectivity index (χ4v) is 3.56. The van der Waals surface area contributed by atoms with Crippen molar-refractivity contribution in [2.45, 2.75) is 70.8 Å². The molecule has 4 nitrogen and oxygen atoms in total. The summed E-state index contributed by atoms with van der Waals surface area (Å²) in [6, 6.07) is 0. The zero-order valence-electron chi connectivity index (χ0n) is 13.8. The van der Waals surface area contributed by atoms with Crippen molar-refractivity contribution < 1.29 is 9.53 Å². The van der Waals surface area contributed by atoms with Gasteiger partial charge in [0.05, 0.1) is 0 Å². The molecule has 0 saturated carbocycles. The normalized spacial score (nSPS) is 25.0. The minimum absolute atomic E-state index is 0.108. The van der Waals surface area contributed by atoms with Gasteiger partial charge in [0.2, 0.25) is 0 Å². The van der Waals surface area contributed by atoms with E-state index in [0.717, 1.165) is 45.4 Å². The molecule has 0 aromatic rings. The van der Waals surface area contributed by atoms with E-state index in [0.29, 0.717) is 5.92 Å². The molecule has 2 heterocycles. The average Bonchev–Trinajstić information content (AvgIpc) is 2.81. The highest BCUT2D eigenvalue weighted by atomic mass is 16.6. The zero-order valence-corrected chi connectivity index (χ0v) is 13.8. The molecule has 1 amide bonds. The summed E-state index contributed by atoms with van der Waals surface area (Å²) in [6.45, 7) is 8.04. The molecule has 0 aromatic heterocycles. The second kappa shape index (κ2) is 8.02. The summed E-state index contributed by atoms with van der Waals surface area (Å²) in [4.78, 5) is 14.3. The van der Waals surface area contributed by atoms with Gasteiger partial charge in [0, 0.05) is 13.1 Å². The minimum Gasteiger partial charge on any atom is -0.443 e. The molecule has 0 aliphatic carbocycles. The van der Waals surface area contributed by atoms with Crippen LogP contribution < -0.4 is 5.32 Å². The van der Waals surface area contributed by atoms with Crippen LogP contribution in [-0.2, 0) is 4.74 Å². The largest absolute Gasteiger partial charge is 0.443 e. The number of carbonyl (C=O) groups excluding carboxylic acids is 1. The monoisotopic (exact) mass is 296 g/mol. The Balaban J connectivity index is 1.82. The third-order valence-electron chi connectivity index (χ3n) is 4.66. The summed E-state index contributed by atoms with van der Waals surface area (Å²) in [7, 11) is 0. The maximum absolute atomic E-state index is 12.4. The van der Waals surface area contributed by atoms with Crippen molar-refractivity contribution >= 4 is 6.09 Å². The highest BCUT2D eigenvalue weighted by Crippen LogP contribution is 2.26. The molecule has 1 atom stereocenters. The lowest BCUT2D eigenvalue weighted by atomic mass is 9.90. The number of hydrogen-bond donors (Lipinski definition) is 1. The van der Waals surface area contributed by atoms with Crippen LogP contribution in [0.2, 0.25) is 0 Å². The summed E-state index contributed by atoms with van der Waals surface area (Å²) in [5.41, 5.74) is -0.361. The van der Waals surface area contributed by atoms with Gasteiger partial charge in [0.15, 0.2) is 0 Å². The number of carbonyl (C=O) groups is 1. The van der Waals surface area contributed by atoms with Gasteiger partial charge in [0.1, 0.15) is 5.60 Å². The van der Waals surface area contributed by atoms with Gasteiger partial charge in [-0.25, -0.2) is 4.79 Å². The molecule has 21 heavy (non-hydrogen) atoms. The van der Waals surface area contributed by atoms with Crippen LogP contribution in [0.15, 0.2) is 0 Å². The fraction of sp³-hybridized carbons (Fsp3) is 0.941. The Kier molecular flexibility index (Phi) is 6.34. The molecule has 2 fully saturated rings. The molecule has 122 valence electrons. The van der Waals surface area contributed by atoms with Crippen LogP contribution >= 0.6 is 0 Å².